The van der Waals surface area contributed by atoms with Crippen LogP contribution in [0.2, 0.25) is 0 Å². The molecule has 152 valence electrons. The van der Waals surface area contributed by atoms with E-state index in [4.69, 9.17) is 0 Å². The van der Waals surface area contributed by atoms with Crippen LogP contribution in [0.5, 0.6) is 0 Å². The molecule has 0 aliphatic carbocycles. The van der Waals surface area contributed by atoms with Crippen molar-refractivity contribution < 1.29 is 4.79 Å². The molecule has 5 rings (SSSR count). The Morgan fingerprint density at radius 3 is 2.57 bits per heavy atom. The van der Waals surface area contributed by atoms with Crippen molar-refractivity contribution in [2.75, 3.05) is 26.2 Å². The van der Waals surface area contributed by atoms with Gasteiger partial charge < -0.3 is 9.30 Å². The monoisotopic (exact) mass is 400 g/mol. The van der Waals surface area contributed by atoms with Gasteiger partial charge in [-0.05, 0) is 18.2 Å². The second kappa shape index (κ2) is 7.76. The summed E-state index contributed by atoms with van der Waals surface area (Å²) in [6.07, 6.45) is 3.98. The maximum Gasteiger partial charge on any atom is 0.272 e. The maximum absolute atomic E-state index is 13.1. The third kappa shape index (κ3) is 3.48. The number of hydrogen-bond acceptors (Lipinski definition) is 4. The van der Waals surface area contributed by atoms with Crippen LogP contribution in [0.25, 0.3) is 16.9 Å². The van der Waals surface area contributed by atoms with Crippen LogP contribution in [0.15, 0.2) is 67.0 Å². The van der Waals surface area contributed by atoms with Gasteiger partial charge in [0.05, 0.1) is 17.6 Å². The van der Waals surface area contributed by atoms with Gasteiger partial charge in [0.1, 0.15) is 11.3 Å². The van der Waals surface area contributed by atoms with E-state index in [0.717, 1.165) is 36.5 Å². The molecule has 0 radical (unpaired) electrons. The van der Waals surface area contributed by atoms with Crippen molar-refractivity contribution >= 4 is 11.6 Å². The first-order chi connectivity index (χ1) is 14.7. The Balaban J connectivity index is 1.24. The average Bonchev–Trinajstić information content (AvgIpc) is 3.38. The first-order valence-electron chi connectivity index (χ1n) is 10.2. The number of benzene rings is 1. The number of aromatic nitrogens is 4. The minimum atomic E-state index is 0.0432. The summed E-state index contributed by atoms with van der Waals surface area (Å²) in [4.78, 5) is 21.9. The number of carbonyl (C=O) groups excluding carboxylic acids is 1. The van der Waals surface area contributed by atoms with Crippen LogP contribution >= 0.6 is 0 Å². The fourth-order valence-corrected chi connectivity index (χ4v) is 4.02. The fraction of sp³-hybridized carbons (Fsp3) is 0.261. The molecule has 7 nitrogen and oxygen atoms in total. The molecule has 1 aliphatic heterocycles. The number of piperazine rings is 1. The van der Waals surface area contributed by atoms with Crippen molar-refractivity contribution in [3.63, 3.8) is 0 Å². The predicted molar refractivity (Wildman–Crippen MR) is 115 cm³/mol. The van der Waals surface area contributed by atoms with Gasteiger partial charge >= 0.3 is 0 Å². The number of amides is 1. The summed E-state index contributed by atoms with van der Waals surface area (Å²) in [5.74, 6) is 0.0432. The van der Waals surface area contributed by atoms with Gasteiger partial charge in [0.25, 0.3) is 5.91 Å². The molecule has 4 heterocycles. The second-order valence-corrected chi connectivity index (χ2v) is 7.65. The molecule has 1 saturated heterocycles. The molecule has 0 saturated carbocycles. The Morgan fingerprint density at radius 2 is 1.77 bits per heavy atom. The van der Waals surface area contributed by atoms with Gasteiger partial charge in [-0.25, -0.2) is 4.98 Å². The molecule has 1 amide bonds. The van der Waals surface area contributed by atoms with Gasteiger partial charge in [0.15, 0.2) is 0 Å². The lowest BCUT2D eigenvalue weighted by atomic mass is 10.1. The molecule has 0 spiro atoms. The highest BCUT2D eigenvalue weighted by atomic mass is 16.2. The standard InChI is InChI=1S/C23H24N6O/c1-26-21(15-20(25-26)18-7-3-2-4-8-18)23(30)28-13-11-27(12-14-28)17-19-16-24-22-9-5-6-10-29(19)22/h2-10,15-16H,11-14,17H2,1H3. The number of imidazole rings is 1. The van der Waals surface area contributed by atoms with Crippen molar-refractivity contribution in [2.45, 2.75) is 6.54 Å². The highest BCUT2D eigenvalue weighted by Gasteiger charge is 2.25. The van der Waals surface area contributed by atoms with Crippen molar-refractivity contribution in [3.8, 4) is 11.3 Å². The van der Waals surface area contributed by atoms with Gasteiger partial charge in [-0.3, -0.25) is 14.4 Å². The largest absolute Gasteiger partial charge is 0.335 e. The van der Waals surface area contributed by atoms with Crippen molar-refractivity contribution in [2.24, 2.45) is 7.05 Å². The molecule has 4 aromatic rings. The quantitative estimate of drug-likeness (QED) is 0.529. The topological polar surface area (TPSA) is 58.7 Å². The second-order valence-electron chi connectivity index (χ2n) is 7.65. The van der Waals surface area contributed by atoms with Gasteiger partial charge in [-0.2, -0.15) is 5.10 Å². The van der Waals surface area contributed by atoms with Crippen LogP contribution in [0.1, 0.15) is 16.2 Å². The molecule has 0 bridgehead atoms. The van der Waals surface area contributed by atoms with E-state index in [2.05, 4.69) is 19.4 Å². The summed E-state index contributed by atoms with van der Waals surface area (Å²) in [6, 6.07) is 17.9. The van der Waals surface area contributed by atoms with Crippen LogP contribution in [0.4, 0.5) is 0 Å². The van der Waals surface area contributed by atoms with E-state index < -0.39 is 0 Å². The highest BCUT2D eigenvalue weighted by Crippen LogP contribution is 2.20. The Hall–Kier alpha value is -3.45. The predicted octanol–water partition coefficient (Wildman–Crippen LogP) is 2.69. The van der Waals surface area contributed by atoms with Crippen LogP contribution in [-0.4, -0.2) is 61.1 Å². The number of pyridine rings is 1. The summed E-state index contributed by atoms with van der Waals surface area (Å²) in [7, 11) is 1.83. The first kappa shape index (κ1) is 18.6. The average molecular weight is 400 g/mol. The summed E-state index contributed by atoms with van der Waals surface area (Å²) >= 11 is 0. The molecule has 0 N–H and O–H groups in total. The van der Waals surface area contributed by atoms with E-state index in [0.29, 0.717) is 18.8 Å². The minimum Gasteiger partial charge on any atom is -0.335 e. The summed E-state index contributed by atoms with van der Waals surface area (Å²) in [5.41, 5.74) is 4.61. The van der Waals surface area contributed by atoms with Gasteiger partial charge in [0, 0.05) is 51.5 Å². The molecule has 1 aromatic carbocycles. The number of fused-ring (bicyclic) bond motifs is 1. The van der Waals surface area contributed by atoms with Gasteiger partial charge in [-0.1, -0.05) is 36.4 Å². The molecule has 7 heteroatoms. The summed E-state index contributed by atoms with van der Waals surface area (Å²) < 4.78 is 3.81. The third-order valence-electron chi connectivity index (χ3n) is 5.71. The molecule has 1 fully saturated rings. The molecular formula is C23H24N6O. The summed E-state index contributed by atoms with van der Waals surface area (Å²) in [6.45, 7) is 3.93. The molecule has 3 aromatic heterocycles. The smallest absolute Gasteiger partial charge is 0.272 e. The van der Waals surface area contributed by atoms with Crippen molar-refractivity contribution in [3.05, 3.63) is 78.4 Å². The van der Waals surface area contributed by atoms with Crippen LogP contribution < -0.4 is 0 Å². The zero-order chi connectivity index (χ0) is 20.5. The Kier molecular flexibility index (Phi) is 4.80. The van der Waals surface area contributed by atoms with E-state index in [9.17, 15) is 4.79 Å². The lowest BCUT2D eigenvalue weighted by molar-refractivity contribution is 0.0616. The molecule has 30 heavy (non-hydrogen) atoms. The number of carbonyl (C=O) groups is 1. The van der Waals surface area contributed by atoms with Crippen LogP contribution in [0, 0.1) is 0 Å². The van der Waals surface area contributed by atoms with E-state index in [1.54, 1.807) is 4.68 Å². The highest BCUT2D eigenvalue weighted by molar-refractivity contribution is 5.93. The Bertz CT molecular complexity index is 1170. The number of nitrogens with zero attached hydrogens (tertiary/aromatic N) is 6. The van der Waals surface area contributed by atoms with Crippen LogP contribution in [0.3, 0.4) is 0 Å². The lowest BCUT2D eigenvalue weighted by Crippen LogP contribution is -2.48. The van der Waals surface area contributed by atoms with Crippen molar-refractivity contribution in [1.82, 2.24) is 29.0 Å². The number of hydrogen-bond donors (Lipinski definition) is 0. The molecule has 0 unspecified atom stereocenters. The van der Waals surface area contributed by atoms with E-state index in [1.165, 1.54) is 5.69 Å². The lowest BCUT2D eigenvalue weighted by Gasteiger charge is -2.34. The third-order valence-corrected chi connectivity index (χ3v) is 5.71. The normalized spacial score (nSPS) is 15.0. The first-order valence-corrected chi connectivity index (χ1v) is 10.2. The van der Waals surface area contributed by atoms with Gasteiger partial charge in [0.2, 0.25) is 0 Å². The number of rotatable bonds is 4. The summed E-state index contributed by atoms with van der Waals surface area (Å²) in [5, 5.41) is 4.54. The van der Waals surface area contributed by atoms with Crippen molar-refractivity contribution in [1.29, 1.82) is 0 Å². The molecule has 1 aliphatic rings. The SMILES string of the molecule is Cn1nc(-c2ccccc2)cc1C(=O)N1CCN(Cc2cnc3ccccn23)CC1. The zero-order valence-electron chi connectivity index (χ0n) is 17.0. The fourth-order valence-electron chi connectivity index (χ4n) is 4.02. The molecule has 0 atom stereocenters. The van der Waals surface area contributed by atoms with Gasteiger partial charge in [-0.15, -0.1) is 0 Å². The Morgan fingerprint density at radius 1 is 1.00 bits per heavy atom. The van der Waals surface area contributed by atoms with E-state index in [1.807, 2.05) is 78.9 Å². The molecular weight excluding hydrogens is 376 g/mol. The van der Waals surface area contributed by atoms with E-state index >= 15 is 0 Å². The Labute approximate surface area is 175 Å². The van der Waals surface area contributed by atoms with Crippen LogP contribution in [-0.2, 0) is 13.6 Å². The minimum absolute atomic E-state index is 0.0432. The zero-order valence-corrected chi connectivity index (χ0v) is 17.0. The number of aryl methyl sites for hydroxylation is 1. The maximum atomic E-state index is 13.1. The van der Waals surface area contributed by atoms with E-state index in [-0.39, 0.29) is 5.91 Å².